The molecule has 0 aromatic heterocycles. The molecule has 2 rings (SSSR count). The first-order chi connectivity index (χ1) is 9.12. The lowest BCUT2D eigenvalue weighted by Gasteiger charge is -2.46. The number of benzene rings is 1. The van der Waals surface area contributed by atoms with Crippen LogP contribution < -0.4 is 5.32 Å². The average molecular weight is 258 g/mol. The van der Waals surface area contributed by atoms with Crippen LogP contribution in [0.15, 0.2) is 36.9 Å². The average Bonchev–Trinajstić information content (AvgIpc) is 2.41. The number of fused-ring (bicyclic) bond motifs is 1. The molecular weight excluding hydrogens is 236 g/mol. The van der Waals surface area contributed by atoms with Gasteiger partial charge in [-0.15, -0.1) is 6.58 Å². The maximum Gasteiger partial charge on any atom is 0.258 e. The third kappa shape index (κ3) is 2.50. The molecule has 0 bridgehead atoms. The zero-order chi connectivity index (χ0) is 13.9. The van der Waals surface area contributed by atoms with Crippen LogP contribution in [0.3, 0.4) is 0 Å². The molecule has 0 spiro atoms. The predicted octanol–water partition coefficient (Wildman–Crippen LogP) is 3.65. The van der Waals surface area contributed by atoms with Crippen molar-refractivity contribution in [3.63, 3.8) is 0 Å². The number of para-hydroxylation sites is 1. The van der Waals surface area contributed by atoms with Crippen LogP contribution in [0.25, 0.3) is 0 Å². The number of nitrogens with one attached hydrogen (secondary N) is 1. The van der Waals surface area contributed by atoms with Crippen molar-refractivity contribution >= 4 is 11.6 Å². The number of rotatable bonds is 5. The lowest BCUT2D eigenvalue weighted by molar-refractivity contribution is 0.0557. The minimum absolute atomic E-state index is 0.0906. The number of hydrogen-bond acceptors (Lipinski definition) is 2. The smallest absolute Gasteiger partial charge is 0.258 e. The molecule has 3 heteroatoms. The summed E-state index contributed by atoms with van der Waals surface area (Å²) in [6, 6.07) is 7.71. The second-order valence-electron chi connectivity index (χ2n) is 5.25. The summed E-state index contributed by atoms with van der Waals surface area (Å²) in [5, 5.41) is 3.53. The molecule has 1 atom stereocenters. The molecule has 0 fully saturated rings. The molecule has 19 heavy (non-hydrogen) atoms. The zero-order valence-electron chi connectivity index (χ0n) is 11.8. The molecule has 1 unspecified atom stereocenters. The van der Waals surface area contributed by atoms with E-state index in [1.807, 2.05) is 29.2 Å². The molecule has 1 aliphatic rings. The lowest BCUT2D eigenvalue weighted by Crippen LogP contribution is -2.58. The van der Waals surface area contributed by atoms with Crippen molar-refractivity contribution in [2.45, 2.75) is 38.8 Å². The fourth-order valence-corrected chi connectivity index (χ4v) is 2.64. The Balaban J connectivity index is 2.38. The molecule has 1 aromatic rings. The molecule has 102 valence electrons. The zero-order valence-corrected chi connectivity index (χ0v) is 11.8. The monoisotopic (exact) mass is 258 g/mol. The van der Waals surface area contributed by atoms with Gasteiger partial charge in [0.05, 0.1) is 5.56 Å². The third-order valence-electron chi connectivity index (χ3n) is 3.73. The second-order valence-corrected chi connectivity index (χ2v) is 5.25. The van der Waals surface area contributed by atoms with Gasteiger partial charge in [-0.1, -0.05) is 31.6 Å². The highest BCUT2D eigenvalue weighted by molar-refractivity contribution is 6.02. The Morgan fingerprint density at radius 2 is 2.16 bits per heavy atom. The van der Waals surface area contributed by atoms with E-state index < -0.39 is 0 Å². The highest BCUT2D eigenvalue weighted by atomic mass is 16.2. The highest BCUT2D eigenvalue weighted by Crippen LogP contribution is 2.33. The van der Waals surface area contributed by atoms with Gasteiger partial charge in [0, 0.05) is 12.2 Å². The first-order valence-electron chi connectivity index (χ1n) is 6.92. The van der Waals surface area contributed by atoms with Gasteiger partial charge in [-0.2, -0.15) is 0 Å². The van der Waals surface area contributed by atoms with Crippen LogP contribution in [-0.4, -0.2) is 23.0 Å². The molecule has 1 N–H and O–H groups in total. The van der Waals surface area contributed by atoms with Crippen LogP contribution in [-0.2, 0) is 0 Å². The van der Waals surface area contributed by atoms with Gasteiger partial charge in [0.1, 0.15) is 5.66 Å². The van der Waals surface area contributed by atoms with E-state index in [1.165, 1.54) is 0 Å². The number of anilines is 1. The topological polar surface area (TPSA) is 32.3 Å². The summed E-state index contributed by atoms with van der Waals surface area (Å²) in [6.45, 7) is 8.60. The highest BCUT2D eigenvalue weighted by Gasteiger charge is 2.39. The van der Waals surface area contributed by atoms with E-state index in [9.17, 15) is 4.79 Å². The van der Waals surface area contributed by atoms with Gasteiger partial charge in [-0.05, 0) is 31.9 Å². The number of amides is 1. The quantitative estimate of drug-likeness (QED) is 0.818. The van der Waals surface area contributed by atoms with E-state index in [-0.39, 0.29) is 11.6 Å². The van der Waals surface area contributed by atoms with E-state index in [0.717, 1.165) is 30.5 Å². The van der Waals surface area contributed by atoms with Crippen LogP contribution in [0.4, 0.5) is 5.69 Å². The molecule has 1 aliphatic heterocycles. The van der Waals surface area contributed by atoms with Crippen LogP contribution in [0.5, 0.6) is 0 Å². The van der Waals surface area contributed by atoms with Crippen LogP contribution in [0.2, 0.25) is 0 Å². The van der Waals surface area contributed by atoms with Gasteiger partial charge in [-0.25, -0.2) is 0 Å². The normalized spacial score (nSPS) is 21.8. The van der Waals surface area contributed by atoms with Gasteiger partial charge in [0.15, 0.2) is 0 Å². The standard InChI is InChI=1S/C16H22N2O/c1-4-6-11-16(3)17-14-10-8-7-9-13(14)15(19)18(16)12-5-2/h5,7-10,17H,2,4,6,11-12H2,1,3H3. The Morgan fingerprint density at radius 3 is 2.84 bits per heavy atom. The molecule has 0 saturated heterocycles. The number of carbonyl (C=O) groups is 1. The van der Waals surface area contributed by atoms with Crippen molar-refractivity contribution in [1.29, 1.82) is 0 Å². The van der Waals surface area contributed by atoms with Gasteiger partial charge in [0.2, 0.25) is 0 Å². The molecule has 0 radical (unpaired) electrons. The molecule has 3 nitrogen and oxygen atoms in total. The third-order valence-corrected chi connectivity index (χ3v) is 3.73. The molecular formula is C16H22N2O. The summed E-state index contributed by atoms with van der Waals surface area (Å²) < 4.78 is 0. The van der Waals surface area contributed by atoms with Crippen molar-refractivity contribution in [1.82, 2.24) is 4.90 Å². The number of hydrogen-bond donors (Lipinski definition) is 1. The van der Waals surface area contributed by atoms with E-state index in [1.54, 1.807) is 6.08 Å². The number of carbonyl (C=O) groups excluding carboxylic acids is 1. The van der Waals surface area contributed by atoms with E-state index in [0.29, 0.717) is 6.54 Å². The largest absolute Gasteiger partial charge is 0.362 e. The maximum atomic E-state index is 12.6. The molecule has 0 saturated carbocycles. The van der Waals surface area contributed by atoms with E-state index >= 15 is 0 Å². The predicted molar refractivity (Wildman–Crippen MR) is 79.2 cm³/mol. The second kappa shape index (κ2) is 5.47. The fourth-order valence-electron chi connectivity index (χ4n) is 2.64. The first-order valence-corrected chi connectivity index (χ1v) is 6.92. The SMILES string of the molecule is C=CCN1C(=O)c2ccccc2NC1(C)CCCC. The Bertz CT molecular complexity index is 483. The lowest BCUT2D eigenvalue weighted by atomic mass is 9.96. The Kier molecular flexibility index (Phi) is 3.93. The molecule has 1 amide bonds. The summed E-state index contributed by atoms with van der Waals surface area (Å²) in [5.74, 6) is 0.0906. The minimum Gasteiger partial charge on any atom is -0.362 e. The van der Waals surface area contributed by atoms with E-state index in [4.69, 9.17) is 0 Å². The van der Waals surface area contributed by atoms with Gasteiger partial charge in [0.25, 0.3) is 5.91 Å². The van der Waals surface area contributed by atoms with Crippen LogP contribution in [0.1, 0.15) is 43.5 Å². The minimum atomic E-state index is -0.324. The van der Waals surface area contributed by atoms with Crippen molar-refractivity contribution in [3.05, 3.63) is 42.5 Å². The number of unbranched alkanes of at least 4 members (excludes halogenated alkanes) is 1. The Labute approximate surface area is 115 Å². The van der Waals surface area contributed by atoms with Crippen LogP contribution in [0, 0.1) is 0 Å². The van der Waals surface area contributed by atoms with Gasteiger partial charge < -0.3 is 10.2 Å². The fraction of sp³-hybridized carbons (Fsp3) is 0.438. The summed E-state index contributed by atoms with van der Waals surface area (Å²) in [7, 11) is 0. The van der Waals surface area contributed by atoms with Crippen molar-refractivity contribution in [2.24, 2.45) is 0 Å². The van der Waals surface area contributed by atoms with Crippen LogP contribution >= 0.6 is 0 Å². The summed E-state index contributed by atoms with van der Waals surface area (Å²) >= 11 is 0. The maximum absolute atomic E-state index is 12.6. The Morgan fingerprint density at radius 1 is 1.42 bits per heavy atom. The van der Waals surface area contributed by atoms with Crippen molar-refractivity contribution in [2.75, 3.05) is 11.9 Å². The Hall–Kier alpha value is -1.77. The van der Waals surface area contributed by atoms with Crippen molar-refractivity contribution in [3.8, 4) is 0 Å². The van der Waals surface area contributed by atoms with Gasteiger partial charge in [-0.3, -0.25) is 4.79 Å². The summed E-state index contributed by atoms with van der Waals surface area (Å²) in [5.41, 5.74) is 1.36. The number of nitrogens with zero attached hydrogens (tertiary/aromatic N) is 1. The molecule has 1 aromatic carbocycles. The summed E-state index contributed by atoms with van der Waals surface area (Å²) in [4.78, 5) is 14.5. The van der Waals surface area contributed by atoms with E-state index in [2.05, 4.69) is 25.7 Å². The first kappa shape index (κ1) is 13.7. The molecule has 1 heterocycles. The van der Waals surface area contributed by atoms with Crippen molar-refractivity contribution < 1.29 is 4.79 Å². The summed E-state index contributed by atoms with van der Waals surface area (Å²) in [6.07, 6.45) is 4.94. The molecule has 0 aliphatic carbocycles. The van der Waals surface area contributed by atoms with Gasteiger partial charge >= 0.3 is 0 Å².